The maximum absolute atomic E-state index is 12.1. The Morgan fingerprint density at radius 3 is 2.79 bits per heavy atom. The standard InChI is InChI=1S/C13H14F3NO2/c1-9-4-5-11(19-9)10-3-2-8-17(10)12(18)6-7-13(14,15)16/h4-7,10H,2-3,8H2,1H3/b7-6+. The van der Waals surface area contributed by atoms with Crippen molar-refractivity contribution in [2.75, 3.05) is 6.54 Å². The van der Waals surface area contributed by atoms with E-state index in [9.17, 15) is 18.0 Å². The van der Waals surface area contributed by atoms with Crippen LogP contribution in [0.25, 0.3) is 0 Å². The van der Waals surface area contributed by atoms with Gasteiger partial charge in [0.1, 0.15) is 11.5 Å². The first kappa shape index (κ1) is 13.7. The van der Waals surface area contributed by atoms with E-state index in [1.54, 1.807) is 19.1 Å². The molecule has 0 radical (unpaired) electrons. The zero-order valence-corrected chi connectivity index (χ0v) is 10.4. The van der Waals surface area contributed by atoms with Crippen molar-refractivity contribution in [2.24, 2.45) is 0 Å². The van der Waals surface area contributed by atoms with Crippen LogP contribution in [0.4, 0.5) is 13.2 Å². The first-order valence-corrected chi connectivity index (χ1v) is 6.00. The van der Waals surface area contributed by atoms with E-state index in [4.69, 9.17) is 4.42 Å². The van der Waals surface area contributed by atoms with Gasteiger partial charge in [0.25, 0.3) is 0 Å². The number of allylic oxidation sites excluding steroid dienone is 1. The maximum atomic E-state index is 12.1. The van der Waals surface area contributed by atoms with Gasteiger partial charge in [-0.2, -0.15) is 13.2 Å². The van der Waals surface area contributed by atoms with Gasteiger partial charge in [-0.25, -0.2) is 0 Å². The molecular formula is C13H14F3NO2. The van der Waals surface area contributed by atoms with Gasteiger partial charge < -0.3 is 9.32 Å². The van der Waals surface area contributed by atoms with E-state index in [1.807, 2.05) is 0 Å². The normalized spacial score (nSPS) is 20.4. The molecule has 0 aromatic carbocycles. The fourth-order valence-electron chi connectivity index (χ4n) is 2.22. The van der Waals surface area contributed by atoms with Crippen molar-refractivity contribution < 1.29 is 22.4 Å². The third kappa shape index (κ3) is 3.39. The van der Waals surface area contributed by atoms with Gasteiger partial charge in [-0.15, -0.1) is 0 Å². The fraction of sp³-hybridized carbons (Fsp3) is 0.462. The largest absolute Gasteiger partial charge is 0.464 e. The minimum absolute atomic E-state index is 0.0297. The summed E-state index contributed by atoms with van der Waals surface area (Å²) in [6, 6.07) is 3.28. The highest BCUT2D eigenvalue weighted by molar-refractivity contribution is 5.88. The van der Waals surface area contributed by atoms with Gasteiger partial charge in [-0.05, 0) is 31.9 Å². The third-order valence-corrected chi connectivity index (χ3v) is 3.04. The quantitative estimate of drug-likeness (QED) is 0.774. The molecule has 1 aromatic rings. The molecule has 6 heteroatoms. The third-order valence-electron chi connectivity index (χ3n) is 3.04. The average Bonchev–Trinajstić information content (AvgIpc) is 2.92. The van der Waals surface area contributed by atoms with Crippen LogP contribution in [0.2, 0.25) is 0 Å². The van der Waals surface area contributed by atoms with E-state index < -0.39 is 12.1 Å². The SMILES string of the molecule is Cc1ccc(C2CCCN2C(=O)/C=C/C(F)(F)F)o1. The molecule has 0 bridgehead atoms. The molecule has 2 heterocycles. The maximum Gasteiger partial charge on any atom is 0.409 e. The summed E-state index contributed by atoms with van der Waals surface area (Å²) in [6.07, 6.45) is -2.45. The van der Waals surface area contributed by atoms with Crippen molar-refractivity contribution in [3.05, 3.63) is 35.8 Å². The van der Waals surface area contributed by atoms with E-state index in [-0.39, 0.29) is 12.1 Å². The zero-order valence-electron chi connectivity index (χ0n) is 10.4. The molecule has 1 amide bonds. The number of hydrogen-bond donors (Lipinski definition) is 0. The molecule has 1 fully saturated rings. The Hall–Kier alpha value is -1.72. The van der Waals surface area contributed by atoms with Crippen LogP contribution in [0.3, 0.4) is 0 Å². The Kier molecular flexibility index (Phi) is 3.68. The summed E-state index contributed by atoms with van der Waals surface area (Å²) in [5, 5.41) is 0. The van der Waals surface area contributed by atoms with Crippen LogP contribution in [-0.4, -0.2) is 23.5 Å². The molecular weight excluding hydrogens is 259 g/mol. The average molecular weight is 273 g/mol. The van der Waals surface area contributed by atoms with Crippen molar-refractivity contribution in [1.82, 2.24) is 4.90 Å². The molecule has 2 rings (SSSR count). The molecule has 3 nitrogen and oxygen atoms in total. The molecule has 0 spiro atoms. The van der Waals surface area contributed by atoms with Crippen molar-refractivity contribution in [1.29, 1.82) is 0 Å². The number of carbonyl (C=O) groups is 1. The molecule has 1 aliphatic heterocycles. The monoisotopic (exact) mass is 273 g/mol. The predicted molar refractivity (Wildman–Crippen MR) is 62.3 cm³/mol. The number of aryl methyl sites for hydroxylation is 1. The number of rotatable bonds is 2. The number of halogens is 3. The number of alkyl halides is 3. The van der Waals surface area contributed by atoms with E-state index >= 15 is 0 Å². The number of carbonyl (C=O) groups excluding carboxylic acids is 1. The minimum Gasteiger partial charge on any atom is -0.464 e. The molecule has 0 saturated carbocycles. The van der Waals surface area contributed by atoms with Crippen LogP contribution in [0.1, 0.15) is 30.4 Å². The van der Waals surface area contributed by atoms with Crippen LogP contribution in [0.15, 0.2) is 28.7 Å². The van der Waals surface area contributed by atoms with Crippen molar-refractivity contribution in [3.8, 4) is 0 Å². The van der Waals surface area contributed by atoms with Gasteiger partial charge in [0.2, 0.25) is 5.91 Å². The highest BCUT2D eigenvalue weighted by Crippen LogP contribution is 2.33. The highest BCUT2D eigenvalue weighted by Gasteiger charge is 2.32. The van der Waals surface area contributed by atoms with Crippen molar-refractivity contribution in [3.63, 3.8) is 0 Å². The molecule has 0 N–H and O–H groups in total. The van der Waals surface area contributed by atoms with Gasteiger partial charge in [0.15, 0.2) is 0 Å². The van der Waals surface area contributed by atoms with Crippen LogP contribution in [0, 0.1) is 6.92 Å². The second-order valence-corrected chi connectivity index (χ2v) is 4.51. The summed E-state index contributed by atoms with van der Waals surface area (Å²) in [6.45, 7) is 2.24. The lowest BCUT2D eigenvalue weighted by atomic mass is 10.1. The van der Waals surface area contributed by atoms with Gasteiger partial charge in [-0.3, -0.25) is 4.79 Å². The number of furan rings is 1. The van der Waals surface area contributed by atoms with E-state index in [1.165, 1.54) is 4.90 Å². The lowest BCUT2D eigenvalue weighted by Crippen LogP contribution is -2.29. The Morgan fingerprint density at radius 2 is 2.21 bits per heavy atom. The number of nitrogens with zero attached hydrogens (tertiary/aromatic N) is 1. The highest BCUT2D eigenvalue weighted by atomic mass is 19.4. The van der Waals surface area contributed by atoms with Crippen LogP contribution in [0.5, 0.6) is 0 Å². The summed E-state index contributed by atoms with van der Waals surface area (Å²) in [7, 11) is 0. The molecule has 1 saturated heterocycles. The summed E-state index contributed by atoms with van der Waals surface area (Å²) in [4.78, 5) is 13.2. The summed E-state index contributed by atoms with van der Waals surface area (Å²) in [5.41, 5.74) is 0. The minimum atomic E-state index is -4.47. The van der Waals surface area contributed by atoms with Gasteiger partial charge in [0, 0.05) is 18.7 Å². The van der Waals surface area contributed by atoms with Crippen molar-refractivity contribution >= 4 is 5.91 Å². The Morgan fingerprint density at radius 1 is 1.47 bits per heavy atom. The number of hydrogen-bond acceptors (Lipinski definition) is 2. The summed E-state index contributed by atoms with van der Waals surface area (Å²) >= 11 is 0. The van der Waals surface area contributed by atoms with Gasteiger partial charge >= 0.3 is 6.18 Å². The second-order valence-electron chi connectivity index (χ2n) is 4.51. The zero-order chi connectivity index (χ0) is 14.0. The van der Waals surface area contributed by atoms with E-state index in [0.29, 0.717) is 24.8 Å². The first-order chi connectivity index (χ1) is 8.87. The smallest absolute Gasteiger partial charge is 0.409 e. The molecule has 1 aromatic heterocycles. The lowest BCUT2D eigenvalue weighted by molar-refractivity contribution is -0.128. The Bertz CT molecular complexity index is 490. The lowest BCUT2D eigenvalue weighted by Gasteiger charge is -2.21. The van der Waals surface area contributed by atoms with Gasteiger partial charge in [0.05, 0.1) is 6.04 Å². The Labute approximate surface area is 108 Å². The molecule has 1 atom stereocenters. The predicted octanol–water partition coefficient (Wildman–Crippen LogP) is 3.37. The number of likely N-dealkylation sites (tertiary alicyclic amines) is 1. The van der Waals surface area contributed by atoms with Crippen LogP contribution < -0.4 is 0 Å². The summed E-state index contributed by atoms with van der Waals surface area (Å²) < 4.78 is 41.6. The molecule has 0 aliphatic carbocycles. The number of amides is 1. The van der Waals surface area contributed by atoms with E-state index in [2.05, 4.69) is 0 Å². The van der Waals surface area contributed by atoms with Crippen LogP contribution in [-0.2, 0) is 4.79 Å². The molecule has 1 aliphatic rings. The summed E-state index contributed by atoms with van der Waals surface area (Å²) in [5.74, 6) is 0.720. The molecule has 104 valence electrons. The topological polar surface area (TPSA) is 33.5 Å². The molecule has 1 unspecified atom stereocenters. The fourth-order valence-corrected chi connectivity index (χ4v) is 2.22. The van der Waals surface area contributed by atoms with E-state index in [0.717, 1.165) is 12.2 Å². The van der Waals surface area contributed by atoms with Crippen LogP contribution >= 0.6 is 0 Å². The van der Waals surface area contributed by atoms with Crippen molar-refractivity contribution in [2.45, 2.75) is 32.0 Å². The second kappa shape index (κ2) is 5.11. The molecule has 19 heavy (non-hydrogen) atoms. The van der Waals surface area contributed by atoms with Gasteiger partial charge in [-0.1, -0.05) is 0 Å². The Balaban J connectivity index is 2.11. The first-order valence-electron chi connectivity index (χ1n) is 6.00.